The fraction of sp³-hybridized carbons (Fsp3) is 0.643. The van der Waals surface area contributed by atoms with Gasteiger partial charge in [0.1, 0.15) is 0 Å². The first-order chi connectivity index (χ1) is 7.80. The quantitative estimate of drug-likeness (QED) is 0.818. The van der Waals surface area contributed by atoms with Gasteiger partial charge in [-0.2, -0.15) is 4.73 Å². The number of rotatable bonds is 4. The van der Waals surface area contributed by atoms with E-state index in [1.165, 1.54) is 6.07 Å². The number of hydrogen-bond donors (Lipinski definition) is 1. The van der Waals surface area contributed by atoms with Gasteiger partial charge in [-0.25, -0.2) is 0 Å². The van der Waals surface area contributed by atoms with Crippen LogP contribution in [0.2, 0.25) is 0 Å². The van der Waals surface area contributed by atoms with Crippen molar-refractivity contribution in [3.63, 3.8) is 0 Å². The van der Waals surface area contributed by atoms with Gasteiger partial charge in [0.2, 0.25) is 0 Å². The van der Waals surface area contributed by atoms with Crippen molar-refractivity contribution in [2.24, 2.45) is 5.92 Å². The van der Waals surface area contributed by atoms with E-state index >= 15 is 0 Å². The minimum absolute atomic E-state index is 0.212. The van der Waals surface area contributed by atoms with Crippen LogP contribution in [0.4, 0.5) is 0 Å². The summed E-state index contributed by atoms with van der Waals surface area (Å²) >= 11 is 0. The van der Waals surface area contributed by atoms with Crippen LogP contribution in [-0.4, -0.2) is 9.94 Å². The molecule has 3 heteroatoms. The van der Waals surface area contributed by atoms with Crippen molar-refractivity contribution in [1.29, 1.82) is 0 Å². The molecule has 1 N–H and O–H groups in total. The number of aromatic nitrogens is 1. The van der Waals surface area contributed by atoms with Gasteiger partial charge in [-0.1, -0.05) is 40.5 Å². The molecule has 17 heavy (non-hydrogen) atoms. The van der Waals surface area contributed by atoms with E-state index in [1.807, 2.05) is 13.0 Å². The number of aryl methyl sites for hydroxylation is 1. The third-order valence-electron chi connectivity index (χ3n) is 3.77. The SMILES string of the molecule is CCCC(C)C(C)(C)c1cc(C)cc(=O)n1O. The molecule has 0 amide bonds. The lowest BCUT2D eigenvalue weighted by molar-refractivity contribution is 0.140. The van der Waals surface area contributed by atoms with Gasteiger partial charge < -0.3 is 5.21 Å². The van der Waals surface area contributed by atoms with Crippen molar-refractivity contribution >= 4 is 0 Å². The zero-order valence-electron chi connectivity index (χ0n) is 11.4. The molecule has 1 aromatic heterocycles. The Bertz CT molecular complexity index is 446. The highest BCUT2D eigenvalue weighted by molar-refractivity contribution is 5.22. The summed E-state index contributed by atoms with van der Waals surface area (Å²) in [4.78, 5) is 11.6. The van der Waals surface area contributed by atoms with Crippen molar-refractivity contribution in [3.05, 3.63) is 33.7 Å². The molecule has 1 heterocycles. The fourth-order valence-electron chi connectivity index (χ4n) is 2.20. The molecule has 0 radical (unpaired) electrons. The van der Waals surface area contributed by atoms with Crippen LogP contribution in [0.25, 0.3) is 0 Å². The molecule has 3 nitrogen and oxygen atoms in total. The largest absolute Gasteiger partial charge is 0.425 e. The third-order valence-corrected chi connectivity index (χ3v) is 3.77. The van der Waals surface area contributed by atoms with Gasteiger partial charge in [-0.05, 0) is 24.5 Å². The smallest absolute Gasteiger partial charge is 0.283 e. The second-order valence-electron chi connectivity index (χ2n) is 5.48. The Kier molecular flexibility index (Phi) is 4.02. The van der Waals surface area contributed by atoms with Crippen LogP contribution in [0.1, 0.15) is 51.8 Å². The predicted molar refractivity (Wildman–Crippen MR) is 69.7 cm³/mol. The Balaban J connectivity index is 3.27. The van der Waals surface area contributed by atoms with Crippen LogP contribution in [0, 0.1) is 12.8 Å². The average molecular weight is 237 g/mol. The molecule has 0 aliphatic rings. The topological polar surface area (TPSA) is 42.2 Å². The van der Waals surface area contributed by atoms with Crippen LogP contribution < -0.4 is 5.56 Å². The normalized spacial score (nSPS) is 13.7. The number of pyridine rings is 1. The van der Waals surface area contributed by atoms with Gasteiger partial charge in [0, 0.05) is 11.5 Å². The molecule has 0 fully saturated rings. The molecular formula is C14H23NO2. The molecule has 0 saturated carbocycles. The summed E-state index contributed by atoms with van der Waals surface area (Å²) in [6.07, 6.45) is 2.18. The van der Waals surface area contributed by atoms with Crippen LogP contribution >= 0.6 is 0 Å². The summed E-state index contributed by atoms with van der Waals surface area (Å²) in [5.41, 5.74) is 1.03. The second kappa shape index (κ2) is 4.94. The zero-order valence-corrected chi connectivity index (χ0v) is 11.4. The lowest BCUT2D eigenvalue weighted by atomic mass is 9.74. The van der Waals surface area contributed by atoms with E-state index in [-0.39, 0.29) is 11.0 Å². The lowest BCUT2D eigenvalue weighted by Gasteiger charge is -2.32. The highest BCUT2D eigenvalue weighted by Crippen LogP contribution is 2.33. The summed E-state index contributed by atoms with van der Waals surface area (Å²) in [6.45, 7) is 10.3. The van der Waals surface area contributed by atoms with E-state index in [9.17, 15) is 10.0 Å². The Morgan fingerprint density at radius 3 is 2.53 bits per heavy atom. The minimum atomic E-state index is -0.350. The van der Waals surface area contributed by atoms with Crippen molar-refractivity contribution in [2.75, 3.05) is 0 Å². The van der Waals surface area contributed by atoms with Crippen LogP contribution in [-0.2, 0) is 5.41 Å². The summed E-state index contributed by atoms with van der Waals surface area (Å²) in [7, 11) is 0. The van der Waals surface area contributed by atoms with Gasteiger partial charge in [0.25, 0.3) is 5.56 Å². The Morgan fingerprint density at radius 2 is 2.00 bits per heavy atom. The monoisotopic (exact) mass is 237 g/mol. The standard InChI is InChI=1S/C14H23NO2/c1-6-7-11(3)14(4,5)12-8-10(2)9-13(16)15(12)17/h8-9,11,17H,6-7H2,1-5H3. The van der Waals surface area contributed by atoms with Crippen molar-refractivity contribution in [1.82, 2.24) is 4.73 Å². The minimum Gasteiger partial charge on any atom is -0.425 e. The van der Waals surface area contributed by atoms with Gasteiger partial charge >= 0.3 is 0 Å². The van der Waals surface area contributed by atoms with E-state index in [1.54, 1.807) is 0 Å². The molecule has 0 aliphatic carbocycles. The highest BCUT2D eigenvalue weighted by Gasteiger charge is 2.30. The maximum Gasteiger partial charge on any atom is 0.283 e. The summed E-state index contributed by atoms with van der Waals surface area (Å²) in [5, 5.41) is 9.88. The second-order valence-corrected chi connectivity index (χ2v) is 5.48. The first-order valence-corrected chi connectivity index (χ1v) is 6.24. The van der Waals surface area contributed by atoms with Gasteiger partial charge in [-0.15, -0.1) is 0 Å². The molecule has 0 aliphatic heterocycles. The molecule has 1 unspecified atom stereocenters. The maximum absolute atomic E-state index is 11.6. The first kappa shape index (κ1) is 13.8. The summed E-state index contributed by atoms with van der Waals surface area (Å²) < 4.78 is 0.791. The van der Waals surface area contributed by atoms with Crippen molar-refractivity contribution in [2.45, 2.75) is 52.9 Å². The summed E-state index contributed by atoms with van der Waals surface area (Å²) in [6, 6.07) is 3.34. The molecule has 0 aromatic carbocycles. The number of hydrogen-bond acceptors (Lipinski definition) is 2. The van der Waals surface area contributed by atoms with E-state index in [0.717, 1.165) is 23.1 Å². The van der Waals surface area contributed by atoms with Crippen LogP contribution in [0.15, 0.2) is 16.9 Å². The predicted octanol–water partition coefficient (Wildman–Crippen LogP) is 3.11. The molecule has 0 saturated heterocycles. The van der Waals surface area contributed by atoms with Crippen LogP contribution in [0.5, 0.6) is 0 Å². The molecule has 0 spiro atoms. The Morgan fingerprint density at radius 1 is 1.41 bits per heavy atom. The van der Waals surface area contributed by atoms with Gasteiger partial charge in [-0.3, -0.25) is 4.79 Å². The van der Waals surface area contributed by atoms with E-state index in [0.29, 0.717) is 11.6 Å². The molecule has 1 rings (SSSR count). The molecular weight excluding hydrogens is 214 g/mol. The highest BCUT2D eigenvalue weighted by atomic mass is 16.5. The molecule has 1 atom stereocenters. The maximum atomic E-state index is 11.6. The van der Waals surface area contributed by atoms with Crippen molar-refractivity contribution < 1.29 is 5.21 Å². The average Bonchev–Trinajstić information content (AvgIpc) is 2.23. The Labute approximate surface area is 103 Å². The molecule has 0 bridgehead atoms. The number of nitrogens with zero attached hydrogens (tertiary/aromatic N) is 1. The van der Waals surface area contributed by atoms with Crippen LogP contribution in [0.3, 0.4) is 0 Å². The van der Waals surface area contributed by atoms with Crippen molar-refractivity contribution in [3.8, 4) is 0 Å². The fourth-order valence-corrected chi connectivity index (χ4v) is 2.20. The molecule has 1 aromatic rings. The summed E-state index contributed by atoms with van der Waals surface area (Å²) in [5.74, 6) is 0.409. The van der Waals surface area contributed by atoms with E-state index in [2.05, 4.69) is 27.7 Å². The molecule has 96 valence electrons. The Hall–Kier alpha value is -1.25. The van der Waals surface area contributed by atoms with Gasteiger partial charge in [0.15, 0.2) is 0 Å². The lowest BCUT2D eigenvalue weighted by Crippen LogP contribution is -2.34. The van der Waals surface area contributed by atoms with E-state index in [4.69, 9.17) is 0 Å². The van der Waals surface area contributed by atoms with Gasteiger partial charge in [0.05, 0.1) is 5.69 Å². The first-order valence-electron chi connectivity index (χ1n) is 6.24. The zero-order chi connectivity index (χ0) is 13.2. The third kappa shape index (κ3) is 2.71. The van der Waals surface area contributed by atoms with E-state index < -0.39 is 0 Å².